The Bertz CT molecular complexity index is 580. The number of nitrogens with zero attached hydrogens (tertiary/aromatic N) is 1. The number of benzene rings is 1. The van der Waals surface area contributed by atoms with Gasteiger partial charge in [0.15, 0.2) is 6.04 Å². The zero-order valence-corrected chi connectivity index (χ0v) is 13.8. The van der Waals surface area contributed by atoms with Gasteiger partial charge in [0.2, 0.25) is 0 Å². The van der Waals surface area contributed by atoms with Gasteiger partial charge in [-0.3, -0.25) is 4.90 Å². The van der Waals surface area contributed by atoms with Gasteiger partial charge >= 0.3 is 12.1 Å². The molecule has 0 radical (unpaired) electrons. The first-order valence-electron chi connectivity index (χ1n) is 6.70. The minimum Gasteiger partial charge on any atom is -0.479 e. The van der Waals surface area contributed by atoms with Crippen molar-refractivity contribution in [3.63, 3.8) is 0 Å². The molecule has 0 aliphatic carbocycles. The first-order chi connectivity index (χ1) is 9.69. The molecule has 1 aromatic carbocycles. The maximum Gasteiger partial charge on any atom is 0.411 e. The Morgan fingerprint density at radius 3 is 2.62 bits per heavy atom. The molecule has 0 bridgehead atoms. The molecule has 1 atom stereocenters. The highest BCUT2D eigenvalue weighted by Crippen LogP contribution is 2.32. The van der Waals surface area contributed by atoms with Gasteiger partial charge in [0, 0.05) is 11.0 Å². The fourth-order valence-electron chi connectivity index (χ4n) is 2.38. The van der Waals surface area contributed by atoms with Crippen LogP contribution < -0.4 is 0 Å². The van der Waals surface area contributed by atoms with Crippen molar-refractivity contribution in [3.8, 4) is 0 Å². The highest BCUT2D eigenvalue weighted by Gasteiger charge is 2.38. The van der Waals surface area contributed by atoms with Gasteiger partial charge in [-0.15, -0.1) is 0 Å². The Kier molecular flexibility index (Phi) is 4.27. The molecule has 0 saturated heterocycles. The van der Waals surface area contributed by atoms with Gasteiger partial charge in [-0.25, -0.2) is 9.59 Å². The Hall–Kier alpha value is -1.56. The van der Waals surface area contributed by atoms with E-state index in [0.717, 1.165) is 10.0 Å². The van der Waals surface area contributed by atoms with Gasteiger partial charge in [0.25, 0.3) is 0 Å². The summed E-state index contributed by atoms with van der Waals surface area (Å²) in [7, 11) is 0. The smallest absolute Gasteiger partial charge is 0.411 e. The molecule has 6 heteroatoms. The average Bonchev–Trinajstić information content (AvgIpc) is 2.34. The topological polar surface area (TPSA) is 66.8 Å². The second-order valence-corrected chi connectivity index (χ2v) is 6.92. The molecule has 1 aliphatic rings. The molecule has 0 spiro atoms. The molecular weight excluding hydrogens is 338 g/mol. The van der Waals surface area contributed by atoms with Crippen LogP contribution in [0.5, 0.6) is 0 Å². The van der Waals surface area contributed by atoms with E-state index in [1.54, 1.807) is 32.9 Å². The third kappa shape index (κ3) is 3.56. The van der Waals surface area contributed by atoms with Crippen molar-refractivity contribution < 1.29 is 19.4 Å². The van der Waals surface area contributed by atoms with E-state index in [1.165, 1.54) is 4.90 Å². The number of halogens is 1. The lowest BCUT2D eigenvalue weighted by atomic mass is 9.93. The van der Waals surface area contributed by atoms with Crippen LogP contribution in [0.2, 0.25) is 0 Å². The summed E-state index contributed by atoms with van der Waals surface area (Å²) in [6.45, 7) is 5.61. The quantitative estimate of drug-likeness (QED) is 0.838. The van der Waals surface area contributed by atoms with Crippen molar-refractivity contribution >= 4 is 28.0 Å². The third-order valence-electron chi connectivity index (χ3n) is 3.20. The summed E-state index contributed by atoms with van der Waals surface area (Å²) >= 11 is 3.38. The standard InChI is InChI=1S/C15H18BrNO4/c1-15(2,3)21-14(20)17-7-6-9-8-10(16)4-5-11(9)12(17)13(18)19/h4-5,8,12H,6-7H2,1-3H3,(H,18,19)/t12-/m0/s1. The fourth-order valence-corrected chi connectivity index (χ4v) is 2.79. The second kappa shape index (κ2) is 5.67. The summed E-state index contributed by atoms with van der Waals surface area (Å²) in [5.74, 6) is -1.05. The minimum atomic E-state index is -1.05. The zero-order chi connectivity index (χ0) is 15.8. The molecule has 2 rings (SSSR count). The Morgan fingerprint density at radius 2 is 2.05 bits per heavy atom. The third-order valence-corrected chi connectivity index (χ3v) is 3.69. The van der Waals surface area contributed by atoms with Crippen LogP contribution in [0.15, 0.2) is 22.7 Å². The molecule has 1 aliphatic heterocycles. The fraction of sp³-hybridized carbons (Fsp3) is 0.467. The minimum absolute atomic E-state index is 0.329. The first-order valence-corrected chi connectivity index (χ1v) is 7.49. The number of rotatable bonds is 1. The number of carboxylic acid groups (broad SMARTS) is 1. The Labute approximate surface area is 132 Å². The van der Waals surface area contributed by atoms with E-state index in [-0.39, 0.29) is 0 Å². The molecule has 5 nitrogen and oxygen atoms in total. The van der Waals surface area contributed by atoms with Gasteiger partial charge in [0.05, 0.1) is 0 Å². The van der Waals surface area contributed by atoms with E-state index in [0.29, 0.717) is 18.5 Å². The van der Waals surface area contributed by atoms with Crippen molar-refractivity contribution in [1.29, 1.82) is 0 Å². The number of carboxylic acids is 1. The number of fused-ring (bicyclic) bond motifs is 1. The summed E-state index contributed by atoms with van der Waals surface area (Å²) in [5.41, 5.74) is 0.930. The molecule has 0 fully saturated rings. The number of carbonyl (C=O) groups excluding carboxylic acids is 1. The van der Waals surface area contributed by atoms with Gasteiger partial charge in [-0.1, -0.05) is 22.0 Å². The van der Waals surface area contributed by atoms with Crippen LogP contribution in [0.3, 0.4) is 0 Å². The molecule has 0 unspecified atom stereocenters. The van der Waals surface area contributed by atoms with Crippen LogP contribution in [0.25, 0.3) is 0 Å². The number of aliphatic carboxylic acids is 1. The largest absolute Gasteiger partial charge is 0.479 e. The molecule has 21 heavy (non-hydrogen) atoms. The number of amides is 1. The number of hydrogen-bond donors (Lipinski definition) is 1. The number of carbonyl (C=O) groups is 2. The lowest BCUT2D eigenvalue weighted by Crippen LogP contribution is -2.45. The van der Waals surface area contributed by atoms with Crippen LogP contribution >= 0.6 is 15.9 Å². The molecule has 1 heterocycles. The SMILES string of the molecule is CC(C)(C)OC(=O)N1CCc2cc(Br)ccc2[C@H]1C(=O)O. The first kappa shape index (κ1) is 15.8. The lowest BCUT2D eigenvalue weighted by molar-refractivity contribution is -0.143. The van der Waals surface area contributed by atoms with E-state index < -0.39 is 23.7 Å². The maximum absolute atomic E-state index is 12.2. The monoisotopic (exact) mass is 355 g/mol. The lowest BCUT2D eigenvalue weighted by Gasteiger charge is -2.35. The van der Waals surface area contributed by atoms with Crippen LogP contribution in [0.1, 0.15) is 37.9 Å². The zero-order valence-electron chi connectivity index (χ0n) is 12.2. The number of hydrogen-bond acceptors (Lipinski definition) is 3. The molecule has 0 aromatic heterocycles. The maximum atomic E-state index is 12.2. The van der Waals surface area contributed by atoms with Gasteiger partial charge < -0.3 is 9.84 Å². The molecule has 1 N–H and O–H groups in total. The Morgan fingerprint density at radius 1 is 1.38 bits per heavy atom. The van der Waals surface area contributed by atoms with Crippen molar-refractivity contribution in [3.05, 3.63) is 33.8 Å². The molecule has 114 valence electrons. The van der Waals surface area contributed by atoms with Crippen molar-refractivity contribution in [2.75, 3.05) is 6.54 Å². The summed E-state index contributed by atoms with van der Waals surface area (Å²) < 4.78 is 6.21. The van der Waals surface area contributed by atoms with E-state index in [4.69, 9.17) is 4.74 Å². The summed E-state index contributed by atoms with van der Waals surface area (Å²) in [4.78, 5) is 25.1. The summed E-state index contributed by atoms with van der Waals surface area (Å²) in [6.07, 6.45) is 0.0149. The van der Waals surface area contributed by atoms with Gasteiger partial charge in [-0.2, -0.15) is 0 Å². The van der Waals surface area contributed by atoms with Gasteiger partial charge in [-0.05, 0) is 50.5 Å². The number of ether oxygens (including phenoxy) is 1. The van der Waals surface area contributed by atoms with Crippen LogP contribution in [0.4, 0.5) is 4.79 Å². The summed E-state index contributed by atoms with van der Waals surface area (Å²) in [5, 5.41) is 9.51. The van der Waals surface area contributed by atoms with Crippen LogP contribution in [-0.2, 0) is 16.0 Å². The van der Waals surface area contributed by atoms with E-state index in [9.17, 15) is 14.7 Å². The highest BCUT2D eigenvalue weighted by atomic mass is 79.9. The van der Waals surface area contributed by atoms with E-state index in [1.807, 2.05) is 6.07 Å². The molecular formula is C15H18BrNO4. The second-order valence-electron chi connectivity index (χ2n) is 6.01. The molecule has 0 saturated carbocycles. The van der Waals surface area contributed by atoms with Crippen LogP contribution in [-0.4, -0.2) is 34.2 Å². The molecule has 1 amide bonds. The van der Waals surface area contributed by atoms with Crippen LogP contribution in [0, 0.1) is 0 Å². The normalized spacial score (nSPS) is 18.1. The Balaban J connectivity index is 2.35. The van der Waals surface area contributed by atoms with Gasteiger partial charge in [0.1, 0.15) is 5.60 Å². The predicted octanol–water partition coefficient (Wildman–Crippen LogP) is 3.37. The van der Waals surface area contributed by atoms with Crippen molar-refractivity contribution in [2.24, 2.45) is 0 Å². The van der Waals surface area contributed by atoms with E-state index in [2.05, 4.69) is 15.9 Å². The summed E-state index contributed by atoms with van der Waals surface area (Å²) in [6, 6.07) is 4.43. The predicted molar refractivity (Wildman–Crippen MR) is 81.2 cm³/mol. The molecule has 1 aromatic rings. The average molecular weight is 356 g/mol. The van der Waals surface area contributed by atoms with Crippen molar-refractivity contribution in [1.82, 2.24) is 4.90 Å². The van der Waals surface area contributed by atoms with Crippen molar-refractivity contribution in [2.45, 2.75) is 38.8 Å². The van der Waals surface area contributed by atoms with E-state index >= 15 is 0 Å². The highest BCUT2D eigenvalue weighted by molar-refractivity contribution is 9.10.